The van der Waals surface area contributed by atoms with Crippen molar-refractivity contribution in [3.63, 3.8) is 0 Å². The number of rotatable bonds is 6. The molecular weight excluding hydrogens is 406 g/mol. The Hall–Kier alpha value is -1.57. The molecule has 1 aromatic carbocycles. The summed E-state index contributed by atoms with van der Waals surface area (Å²) in [5, 5.41) is 2.58. The molecule has 0 saturated carbocycles. The lowest BCUT2D eigenvalue weighted by Crippen LogP contribution is -2.46. The Morgan fingerprint density at radius 1 is 1.41 bits per heavy atom. The van der Waals surface area contributed by atoms with E-state index in [0.29, 0.717) is 23.7 Å². The van der Waals surface area contributed by atoms with Gasteiger partial charge in [-0.25, -0.2) is 8.42 Å². The minimum absolute atomic E-state index is 0.0108. The Balaban J connectivity index is 1.77. The van der Waals surface area contributed by atoms with Gasteiger partial charge in [-0.15, -0.1) is 11.3 Å². The third-order valence-corrected chi connectivity index (χ3v) is 7.66. The molecule has 2 heterocycles. The molecule has 27 heavy (non-hydrogen) atoms. The normalized spacial score (nSPS) is 19.6. The van der Waals surface area contributed by atoms with Gasteiger partial charge in [-0.2, -0.15) is 0 Å². The number of ether oxygens (including phenoxy) is 1. The zero-order valence-corrected chi connectivity index (χ0v) is 17.6. The molecular formula is C19H22ClNO4S2. The predicted molar refractivity (Wildman–Crippen MR) is 108 cm³/mol. The molecule has 1 amide bonds. The van der Waals surface area contributed by atoms with E-state index in [-0.39, 0.29) is 23.5 Å². The highest BCUT2D eigenvalue weighted by Gasteiger charge is 2.36. The fourth-order valence-electron chi connectivity index (χ4n) is 3.16. The largest absolute Gasteiger partial charge is 0.481 e. The molecule has 5 nitrogen and oxygen atoms in total. The van der Waals surface area contributed by atoms with Crippen LogP contribution in [-0.2, 0) is 21.2 Å². The van der Waals surface area contributed by atoms with Crippen molar-refractivity contribution in [3.05, 3.63) is 51.2 Å². The van der Waals surface area contributed by atoms with Gasteiger partial charge in [0, 0.05) is 15.9 Å². The van der Waals surface area contributed by atoms with Crippen LogP contribution in [0.25, 0.3) is 0 Å². The summed E-state index contributed by atoms with van der Waals surface area (Å²) < 4.78 is 29.7. The summed E-state index contributed by atoms with van der Waals surface area (Å²) in [5.74, 6) is 0.486. The Kier molecular flexibility index (Phi) is 6.13. The highest BCUT2D eigenvalue weighted by atomic mass is 35.5. The fourth-order valence-corrected chi connectivity index (χ4v) is 5.71. The van der Waals surface area contributed by atoms with Crippen LogP contribution in [0.5, 0.6) is 5.75 Å². The smallest absolute Gasteiger partial charge is 0.263 e. The average Bonchev–Trinajstić information content (AvgIpc) is 3.24. The highest BCUT2D eigenvalue weighted by Crippen LogP contribution is 2.25. The van der Waals surface area contributed by atoms with Crippen molar-refractivity contribution in [1.82, 2.24) is 4.90 Å². The van der Waals surface area contributed by atoms with Gasteiger partial charge >= 0.3 is 0 Å². The van der Waals surface area contributed by atoms with Gasteiger partial charge < -0.3 is 9.64 Å². The van der Waals surface area contributed by atoms with E-state index in [1.54, 1.807) is 41.4 Å². The topological polar surface area (TPSA) is 63.7 Å². The Bertz CT molecular complexity index is 912. The molecule has 0 aliphatic carbocycles. The molecule has 146 valence electrons. The van der Waals surface area contributed by atoms with Crippen molar-refractivity contribution in [1.29, 1.82) is 0 Å². The SMILES string of the molecule is Cc1cc(O[C@H](C)C(=O)N(Cc2cccs2)[C@@H]2CCS(=O)(=O)C2)ccc1Cl. The molecule has 1 aliphatic heterocycles. The summed E-state index contributed by atoms with van der Waals surface area (Å²) in [5.41, 5.74) is 0.867. The maximum Gasteiger partial charge on any atom is 0.263 e. The third-order valence-electron chi connectivity index (χ3n) is 4.63. The molecule has 1 aromatic heterocycles. The Morgan fingerprint density at radius 2 is 2.19 bits per heavy atom. The first kappa shape index (κ1) is 20.2. The summed E-state index contributed by atoms with van der Waals surface area (Å²) in [7, 11) is -3.09. The van der Waals surface area contributed by atoms with Crippen molar-refractivity contribution in [2.45, 2.75) is 39.0 Å². The first-order chi connectivity index (χ1) is 12.7. The van der Waals surface area contributed by atoms with Crippen LogP contribution in [0.2, 0.25) is 5.02 Å². The van der Waals surface area contributed by atoms with Gasteiger partial charge in [0.2, 0.25) is 0 Å². The number of benzene rings is 1. The second-order valence-corrected chi connectivity index (χ2v) is 10.4. The van der Waals surface area contributed by atoms with Crippen LogP contribution in [0.3, 0.4) is 0 Å². The molecule has 0 unspecified atom stereocenters. The van der Waals surface area contributed by atoms with E-state index < -0.39 is 15.9 Å². The average molecular weight is 428 g/mol. The van der Waals surface area contributed by atoms with Gasteiger partial charge in [0.1, 0.15) is 5.75 Å². The van der Waals surface area contributed by atoms with Crippen LogP contribution in [-0.4, -0.2) is 42.9 Å². The molecule has 8 heteroatoms. The number of carbonyl (C=O) groups excluding carboxylic acids is 1. The maximum atomic E-state index is 13.1. The highest BCUT2D eigenvalue weighted by molar-refractivity contribution is 7.91. The van der Waals surface area contributed by atoms with Gasteiger partial charge in [-0.05, 0) is 55.5 Å². The number of halogens is 1. The van der Waals surface area contributed by atoms with E-state index in [0.717, 1.165) is 10.4 Å². The number of amides is 1. The second kappa shape index (κ2) is 8.20. The van der Waals surface area contributed by atoms with Crippen molar-refractivity contribution >= 4 is 38.7 Å². The van der Waals surface area contributed by atoms with Gasteiger partial charge in [0.05, 0.1) is 18.1 Å². The lowest BCUT2D eigenvalue weighted by Gasteiger charge is -2.30. The molecule has 2 aromatic rings. The molecule has 1 saturated heterocycles. The summed E-state index contributed by atoms with van der Waals surface area (Å²) in [6.07, 6.45) is -0.263. The molecule has 2 atom stereocenters. The number of hydrogen-bond donors (Lipinski definition) is 0. The van der Waals surface area contributed by atoms with Crippen molar-refractivity contribution in [2.24, 2.45) is 0 Å². The number of hydrogen-bond acceptors (Lipinski definition) is 5. The predicted octanol–water partition coefficient (Wildman–Crippen LogP) is 3.69. The van der Waals surface area contributed by atoms with Crippen LogP contribution in [0.15, 0.2) is 35.7 Å². The van der Waals surface area contributed by atoms with E-state index in [1.165, 1.54) is 0 Å². The first-order valence-electron chi connectivity index (χ1n) is 8.71. The fraction of sp³-hybridized carbons (Fsp3) is 0.421. The maximum absolute atomic E-state index is 13.1. The van der Waals surface area contributed by atoms with Crippen LogP contribution in [0, 0.1) is 6.92 Å². The first-order valence-corrected chi connectivity index (χ1v) is 11.8. The summed E-state index contributed by atoms with van der Waals surface area (Å²) in [6.45, 7) is 3.95. The van der Waals surface area contributed by atoms with E-state index in [9.17, 15) is 13.2 Å². The second-order valence-electron chi connectivity index (χ2n) is 6.77. The molecule has 1 fully saturated rings. The van der Waals surface area contributed by atoms with E-state index in [1.807, 2.05) is 24.4 Å². The van der Waals surface area contributed by atoms with Crippen LogP contribution in [0.4, 0.5) is 0 Å². The molecule has 0 bridgehead atoms. The standard InChI is InChI=1S/C19H22ClNO4S2/c1-13-10-16(5-6-18(13)20)25-14(2)19(22)21(11-17-4-3-8-26-17)15-7-9-27(23,24)12-15/h3-6,8,10,14-15H,7,9,11-12H2,1-2H3/t14-,15-/m1/s1. The number of carbonyl (C=O) groups is 1. The monoisotopic (exact) mass is 427 g/mol. The van der Waals surface area contributed by atoms with Gasteiger partial charge in [-0.1, -0.05) is 17.7 Å². The minimum Gasteiger partial charge on any atom is -0.481 e. The lowest BCUT2D eigenvalue weighted by atomic mass is 10.2. The third kappa shape index (κ3) is 5.03. The van der Waals surface area contributed by atoms with E-state index >= 15 is 0 Å². The quantitative estimate of drug-likeness (QED) is 0.705. The lowest BCUT2D eigenvalue weighted by molar-refractivity contribution is -0.140. The van der Waals surface area contributed by atoms with Crippen LogP contribution < -0.4 is 4.74 Å². The van der Waals surface area contributed by atoms with Crippen molar-refractivity contribution in [3.8, 4) is 5.75 Å². The Labute approximate surface area is 168 Å². The molecule has 1 aliphatic rings. The van der Waals surface area contributed by atoms with Gasteiger partial charge in [0.15, 0.2) is 15.9 Å². The molecule has 3 rings (SSSR count). The number of aryl methyl sites for hydroxylation is 1. The Morgan fingerprint density at radius 3 is 2.78 bits per heavy atom. The van der Waals surface area contributed by atoms with E-state index in [4.69, 9.17) is 16.3 Å². The zero-order chi connectivity index (χ0) is 19.6. The van der Waals surface area contributed by atoms with Gasteiger partial charge in [0.25, 0.3) is 5.91 Å². The van der Waals surface area contributed by atoms with Crippen molar-refractivity contribution < 1.29 is 17.9 Å². The van der Waals surface area contributed by atoms with Crippen LogP contribution in [0.1, 0.15) is 23.8 Å². The number of nitrogens with zero attached hydrogens (tertiary/aromatic N) is 1. The number of sulfone groups is 1. The summed E-state index contributed by atoms with van der Waals surface area (Å²) in [6, 6.07) is 8.80. The molecule has 0 radical (unpaired) electrons. The molecule has 0 N–H and O–H groups in total. The zero-order valence-electron chi connectivity index (χ0n) is 15.2. The number of thiophene rings is 1. The minimum atomic E-state index is -3.09. The van der Waals surface area contributed by atoms with Crippen LogP contribution >= 0.6 is 22.9 Å². The van der Waals surface area contributed by atoms with Crippen molar-refractivity contribution in [2.75, 3.05) is 11.5 Å². The summed E-state index contributed by atoms with van der Waals surface area (Å²) in [4.78, 5) is 15.8. The van der Waals surface area contributed by atoms with E-state index in [2.05, 4.69) is 0 Å². The molecule has 0 spiro atoms. The summed E-state index contributed by atoms with van der Waals surface area (Å²) >= 11 is 7.58. The van der Waals surface area contributed by atoms with Gasteiger partial charge in [-0.3, -0.25) is 4.79 Å².